The lowest BCUT2D eigenvalue weighted by Crippen LogP contribution is -2.49. The van der Waals surface area contributed by atoms with Crippen molar-refractivity contribution in [2.45, 2.75) is 136 Å². The smallest absolute Gasteiger partial charge is 0.346 e. The number of thiophene rings is 1. The zero-order valence-electron chi connectivity index (χ0n) is 42.8. The summed E-state index contributed by atoms with van der Waals surface area (Å²) in [4.78, 5) is 16.9. The van der Waals surface area contributed by atoms with Crippen LogP contribution in [0.1, 0.15) is 152 Å². The van der Waals surface area contributed by atoms with Gasteiger partial charge in [-0.3, -0.25) is 0 Å². The van der Waals surface area contributed by atoms with Gasteiger partial charge in [-0.15, -0.1) is 11.3 Å². The van der Waals surface area contributed by atoms with E-state index in [0.29, 0.717) is 11.5 Å². The number of hydrogen-bond donors (Lipinski definition) is 1. The number of allylic oxidation sites excluding steroid dienone is 4. The second-order valence-electron chi connectivity index (χ2n) is 21.6. The van der Waals surface area contributed by atoms with Gasteiger partial charge in [0.1, 0.15) is 11.6 Å². The third-order valence-electron chi connectivity index (χ3n) is 17.3. The minimum atomic E-state index is -1.14. The summed E-state index contributed by atoms with van der Waals surface area (Å²) in [7, 11) is 0. The number of rotatable bonds is 19. The first kappa shape index (κ1) is 48.4. The molecule has 5 aliphatic rings. The molecule has 2 bridgehead atoms. The number of hydrogen-bond acceptors (Lipinski definition) is 4. The van der Waals surface area contributed by atoms with Crippen LogP contribution in [-0.4, -0.2) is 11.1 Å². The maximum absolute atomic E-state index is 12.0. The van der Waals surface area contributed by atoms with Crippen LogP contribution in [0.3, 0.4) is 0 Å². The first-order valence-corrected chi connectivity index (χ1v) is 27.6. The lowest BCUT2D eigenvalue weighted by Gasteiger charge is -2.57. The lowest BCUT2D eigenvalue weighted by atomic mass is 9.47. The van der Waals surface area contributed by atoms with Crippen molar-refractivity contribution in [3.8, 4) is 38.8 Å². The molecule has 1 aromatic heterocycles. The van der Waals surface area contributed by atoms with E-state index in [1.54, 1.807) is 11.3 Å². The van der Waals surface area contributed by atoms with Crippen molar-refractivity contribution in [2.75, 3.05) is 4.90 Å². The molecule has 11 rings (SSSR count). The predicted octanol–water partition coefficient (Wildman–Crippen LogP) is 18.7. The van der Waals surface area contributed by atoms with Crippen LogP contribution < -0.4 is 4.90 Å². The van der Waals surface area contributed by atoms with Crippen LogP contribution in [-0.2, 0) is 15.6 Å². The Hall–Kier alpha value is -6.22. The molecular weight excluding hydrogens is 885 g/mol. The second-order valence-corrected chi connectivity index (χ2v) is 22.7. The zero-order chi connectivity index (χ0) is 49.5. The Morgan fingerprint density at radius 1 is 0.634 bits per heavy atom. The number of fused-ring (bicyclic) bond motifs is 7. The summed E-state index contributed by atoms with van der Waals surface area (Å²) in [5.41, 5.74) is 17.8. The van der Waals surface area contributed by atoms with Gasteiger partial charge in [0.05, 0.1) is 0 Å². The molecule has 0 aliphatic heterocycles. The van der Waals surface area contributed by atoms with E-state index in [0.717, 1.165) is 48.2 Å². The topological polar surface area (TPSA) is 64.3 Å². The first-order chi connectivity index (χ1) is 34.5. The fourth-order valence-electron chi connectivity index (χ4n) is 13.5. The first-order valence-electron chi connectivity index (χ1n) is 26.8. The number of carboxylic acid groups (broad SMARTS) is 1. The molecule has 2 atom stereocenters. The van der Waals surface area contributed by atoms with Crippen molar-refractivity contribution in [2.24, 2.45) is 17.3 Å². The Labute approximate surface area is 427 Å². The summed E-state index contributed by atoms with van der Waals surface area (Å²) in [5.74, 6) is -0.709. The summed E-state index contributed by atoms with van der Waals surface area (Å²) >= 11 is 1.77. The van der Waals surface area contributed by atoms with E-state index in [1.807, 2.05) is 12.1 Å². The number of benzene rings is 5. The Kier molecular flexibility index (Phi) is 13.5. The normalized spacial score (nSPS) is 19.0. The van der Waals surface area contributed by atoms with Gasteiger partial charge in [-0.25, -0.2) is 4.79 Å². The van der Waals surface area contributed by atoms with Gasteiger partial charge in [0.2, 0.25) is 0 Å². The van der Waals surface area contributed by atoms with Crippen LogP contribution in [0.15, 0.2) is 150 Å². The minimum Gasteiger partial charge on any atom is -0.477 e. The van der Waals surface area contributed by atoms with E-state index in [9.17, 15) is 15.2 Å². The van der Waals surface area contributed by atoms with Gasteiger partial charge in [0, 0.05) is 37.6 Å². The number of unbranched alkanes of at least 4 members (excludes halogenated alkanes) is 4. The molecule has 5 heteroatoms. The molecule has 6 aromatic rings. The van der Waals surface area contributed by atoms with Gasteiger partial charge in [-0.1, -0.05) is 178 Å². The molecule has 1 fully saturated rings. The van der Waals surface area contributed by atoms with Crippen LogP contribution in [0.2, 0.25) is 0 Å². The van der Waals surface area contributed by atoms with Crippen LogP contribution in [0.5, 0.6) is 0 Å². The summed E-state index contributed by atoms with van der Waals surface area (Å²) in [6, 6.07) is 48.9. The second kappa shape index (κ2) is 19.8. The Balaban J connectivity index is 1.06. The van der Waals surface area contributed by atoms with E-state index >= 15 is 0 Å². The van der Waals surface area contributed by atoms with Gasteiger partial charge in [-0.05, 0) is 165 Å². The fourth-order valence-corrected chi connectivity index (χ4v) is 14.4. The molecular formula is C66H70N2O2S. The molecule has 4 nitrogen and oxygen atoms in total. The van der Waals surface area contributed by atoms with Crippen molar-refractivity contribution >= 4 is 40.4 Å². The highest BCUT2D eigenvalue weighted by Crippen LogP contribution is 2.62. The van der Waals surface area contributed by atoms with E-state index in [4.69, 9.17) is 0 Å². The van der Waals surface area contributed by atoms with Crippen LogP contribution in [0, 0.1) is 28.6 Å². The predicted molar refractivity (Wildman–Crippen MR) is 298 cm³/mol. The highest BCUT2D eigenvalue weighted by molar-refractivity contribution is 7.16. The van der Waals surface area contributed by atoms with Gasteiger partial charge in [0.15, 0.2) is 0 Å². The molecule has 5 aliphatic carbocycles. The molecule has 1 heterocycles. The van der Waals surface area contributed by atoms with Gasteiger partial charge in [0.25, 0.3) is 0 Å². The average Bonchev–Trinajstić information content (AvgIpc) is 4.06. The van der Waals surface area contributed by atoms with E-state index in [-0.39, 0.29) is 27.7 Å². The van der Waals surface area contributed by atoms with Gasteiger partial charge < -0.3 is 10.0 Å². The number of aliphatic carboxylic acids is 1. The molecule has 5 aromatic carbocycles. The average molecular weight is 955 g/mol. The monoisotopic (exact) mass is 955 g/mol. The highest BCUT2D eigenvalue weighted by Gasteiger charge is 2.54. The highest BCUT2D eigenvalue weighted by atomic mass is 32.1. The molecule has 0 saturated heterocycles. The molecule has 1 N–H and O–H groups in total. The van der Waals surface area contributed by atoms with E-state index in [1.165, 1.54) is 118 Å². The Morgan fingerprint density at radius 3 is 1.61 bits per heavy atom. The SMILES string of the molecule is CCCCC1(CCCC)c2ccccc2-c2ccc(N(c3ccc(-c4ccc(/C=C/C5=CC(=C(\C#N)C(=O)O)/C6CC5C6(C)C)s4)cc3)c3ccc4c(c3)C(CCCC)(CCCC)c3ccccc3-4)cc21. The van der Waals surface area contributed by atoms with Crippen molar-refractivity contribution in [3.63, 3.8) is 0 Å². The molecule has 0 radical (unpaired) electrons. The third-order valence-corrected chi connectivity index (χ3v) is 18.4. The summed E-state index contributed by atoms with van der Waals surface area (Å²) in [6.07, 6.45) is 21.3. The molecule has 362 valence electrons. The van der Waals surface area contributed by atoms with Gasteiger partial charge >= 0.3 is 5.97 Å². The molecule has 0 amide bonds. The van der Waals surface area contributed by atoms with Crippen LogP contribution in [0.25, 0.3) is 38.8 Å². The summed E-state index contributed by atoms with van der Waals surface area (Å²) in [5, 5.41) is 19.6. The van der Waals surface area contributed by atoms with Crippen molar-refractivity contribution in [1.29, 1.82) is 5.26 Å². The van der Waals surface area contributed by atoms with E-state index < -0.39 is 5.97 Å². The Morgan fingerprint density at radius 2 is 1.13 bits per heavy atom. The third kappa shape index (κ3) is 8.25. The Bertz CT molecular complexity index is 2980. The number of anilines is 3. The fraction of sp³-hybridized carbons (Fsp3) is 0.364. The molecule has 0 spiro atoms. The standard InChI is InChI=1S/C66H70N2O2S/c1-7-11-35-65(36-12-8-2)56-21-17-15-19-50(56)52-32-28-47(40-60(52)65)68(48-29-33-53-51-20-16-18-22-57(51)66(37-13-9-3,38-14-10-4)61(53)41-48)46-26-23-44(24-27-46)62-34-31-49(71-62)30-25-45-39-54(55(43-67)63(69)70)59-42-58(45)64(59,5)6/h15-34,39-41,58-59H,7-14,35-38,42H2,1-6H3,(H,69,70)/b30-25+,55-54-. The van der Waals surface area contributed by atoms with E-state index in [2.05, 4.69) is 180 Å². The van der Waals surface area contributed by atoms with Crippen LogP contribution in [0.4, 0.5) is 17.1 Å². The number of carboxylic acids is 1. The molecule has 1 saturated carbocycles. The number of carbonyl (C=O) groups is 1. The maximum atomic E-state index is 12.0. The minimum absolute atomic E-state index is 0.0229. The van der Waals surface area contributed by atoms with Crippen molar-refractivity contribution in [3.05, 3.63) is 177 Å². The van der Waals surface area contributed by atoms with Crippen molar-refractivity contribution < 1.29 is 9.90 Å². The number of nitriles is 1. The van der Waals surface area contributed by atoms with Crippen LogP contribution >= 0.6 is 11.3 Å². The molecule has 2 unspecified atom stereocenters. The lowest BCUT2D eigenvalue weighted by molar-refractivity contribution is -0.132. The molecule has 71 heavy (non-hydrogen) atoms. The maximum Gasteiger partial charge on any atom is 0.346 e. The van der Waals surface area contributed by atoms with Crippen molar-refractivity contribution in [1.82, 2.24) is 0 Å². The largest absolute Gasteiger partial charge is 0.477 e. The number of nitrogens with zero attached hydrogens (tertiary/aromatic N) is 2. The zero-order valence-corrected chi connectivity index (χ0v) is 43.6. The summed E-state index contributed by atoms with van der Waals surface area (Å²) in [6.45, 7) is 13.7. The van der Waals surface area contributed by atoms with Gasteiger partial charge in [-0.2, -0.15) is 5.26 Å². The quantitative estimate of drug-likeness (QED) is 0.0649. The summed E-state index contributed by atoms with van der Waals surface area (Å²) < 4.78 is 0.